The van der Waals surface area contributed by atoms with Crippen molar-refractivity contribution in [3.05, 3.63) is 102 Å². The van der Waals surface area contributed by atoms with Gasteiger partial charge in [-0.15, -0.1) is 0 Å². The van der Waals surface area contributed by atoms with Gasteiger partial charge in [0, 0.05) is 45.1 Å². The fourth-order valence-corrected chi connectivity index (χ4v) is 4.01. The summed E-state index contributed by atoms with van der Waals surface area (Å²) in [6, 6.07) is 24.1. The molecule has 0 saturated carbocycles. The van der Waals surface area contributed by atoms with Crippen molar-refractivity contribution in [3.63, 3.8) is 0 Å². The van der Waals surface area contributed by atoms with Crippen molar-refractivity contribution >= 4 is 5.91 Å². The van der Waals surface area contributed by atoms with Crippen LogP contribution in [0.1, 0.15) is 22.6 Å². The van der Waals surface area contributed by atoms with Crippen LogP contribution in [0.5, 0.6) is 0 Å². The first-order valence-corrected chi connectivity index (χ1v) is 10.9. The smallest absolute Gasteiger partial charge is 0.234 e. The summed E-state index contributed by atoms with van der Waals surface area (Å²) in [7, 11) is 0. The number of pyridine rings is 1. The summed E-state index contributed by atoms with van der Waals surface area (Å²) in [5.41, 5.74) is 3.23. The molecule has 1 fully saturated rings. The molecule has 1 aliphatic heterocycles. The minimum absolute atomic E-state index is 0.186. The Morgan fingerprint density at radius 3 is 2.00 bits per heavy atom. The van der Waals surface area contributed by atoms with Gasteiger partial charge in [-0.3, -0.25) is 14.7 Å². The quantitative estimate of drug-likeness (QED) is 0.528. The second kappa shape index (κ2) is 10.8. The molecule has 2 aromatic carbocycles. The number of hydrogen-bond acceptors (Lipinski definition) is 4. The van der Waals surface area contributed by atoms with Crippen LogP contribution in [0.25, 0.3) is 0 Å². The average Bonchev–Trinajstić information content (AvgIpc) is 2.84. The average molecular weight is 416 g/mol. The van der Waals surface area contributed by atoms with Crippen molar-refractivity contribution in [2.45, 2.75) is 12.5 Å². The van der Waals surface area contributed by atoms with E-state index in [2.05, 4.69) is 9.88 Å². The lowest BCUT2D eigenvalue weighted by atomic mass is 9.90. The molecule has 2 heterocycles. The molecule has 0 radical (unpaired) electrons. The van der Waals surface area contributed by atoms with E-state index in [4.69, 9.17) is 4.74 Å². The van der Waals surface area contributed by atoms with E-state index in [1.807, 2.05) is 77.7 Å². The number of benzene rings is 2. The molecule has 31 heavy (non-hydrogen) atoms. The normalized spacial score (nSPS) is 14.7. The maximum atomic E-state index is 13.5. The second-order valence-electron chi connectivity index (χ2n) is 7.83. The minimum Gasteiger partial charge on any atom is -0.375 e. The first kappa shape index (κ1) is 21.2. The Morgan fingerprint density at radius 1 is 0.839 bits per heavy atom. The van der Waals surface area contributed by atoms with Crippen LogP contribution in [0.2, 0.25) is 0 Å². The zero-order chi connectivity index (χ0) is 21.3. The Kier molecular flexibility index (Phi) is 7.42. The number of piperazine rings is 1. The Bertz CT molecular complexity index is 887. The van der Waals surface area contributed by atoms with E-state index in [1.54, 1.807) is 12.4 Å². The number of aromatic nitrogens is 1. The molecular weight excluding hydrogens is 386 g/mol. The van der Waals surface area contributed by atoms with Gasteiger partial charge in [0.25, 0.3) is 0 Å². The van der Waals surface area contributed by atoms with Gasteiger partial charge in [0.15, 0.2) is 0 Å². The third-order valence-electron chi connectivity index (χ3n) is 5.77. The lowest BCUT2D eigenvalue weighted by Gasteiger charge is -2.36. The zero-order valence-electron chi connectivity index (χ0n) is 17.8. The van der Waals surface area contributed by atoms with Crippen LogP contribution in [0.15, 0.2) is 85.2 Å². The van der Waals surface area contributed by atoms with E-state index >= 15 is 0 Å². The molecule has 3 aromatic rings. The van der Waals surface area contributed by atoms with Gasteiger partial charge in [-0.05, 0) is 28.8 Å². The van der Waals surface area contributed by atoms with Crippen molar-refractivity contribution in [2.75, 3.05) is 39.3 Å². The van der Waals surface area contributed by atoms with Gasteiger partial charge in [-0.25, -0.2) is 0 Å². The Morgan fingerprint density at radius 2 is 1.42 bits per heavy atom. The van der Waals surface area contributed by atoms with Crippen LogP contribution in [0, 0.1) is 0 Å². The molecular formula is C26H29N3O2. The van der Waals surface area contributed by atoms with Crippen LogP contribution in [-0.4, -0.2) is 60.0 Å². The van der Waals surface area contributed by atoms with E-state index in [0.717, 1.165) is 49.4 Å². The summed E-state index contributed by atoms with van der Waals surface area (Å²) >= 11 is 0. The van der Waals surface area contributed by atoms with Gasteiger partial charge in [0.1, 0.15) is 0 Å². The van der Waals surface area contributed by atoms with Crippen LogP contribution < -0.4 is 0 Å². The first-order chi connectivity index (χ1) is 15.3. The number of ether oxygens (including phenoxy) is 1. The summed E-state index contributed by atoms with van der Waals surface area (Å²) in [6.07, 6.45) is 3.57. The summed E-state index contributed by atoms with van der Waals surface area (Å²) < 4.78 is 5.80. The van der Waals surface area contributed by atoms with Crippen molar-refractivity contribution in [1.82, 2.24) is 14.8 Å². The molecule has 4 rings (SSSR count). The van der Waals surface area contributed by atoms with Crippen LogP contribution in [-0.2, 0) is 16.1 Å². The highest BCUT2D eigenvalue weighted by atomic mass is 16.5. The Hall–Kier alpha value is -3.02. The van der Waals surface area contributed by atoms with Gasteiger partial charge in [0.2, 0.25) is 5.91 Å². The van der Waals surface area contributed by atoms with E-state index in [0.29, 0.717) is 13.2 Å². The SMILES string of the molecule is O=C(C(c1ccccc1)c1ccccc1)N1CCN(CCOCc2ccncc2)CC1. The third-order valence-corrected chi connectivity index (χ3v) is 5.77. The zero-order valence-corrected chi connectivity index (χ0v) is 17.8. The molecule has 0 spiro atoms. The van der Waals surface area contributed by atoms with E-state index in [1.165, 1.54) is 0 Å². The molecule has 1 saturated heterocycles. The first-order valence-electron chi connectivity index (χ1n) is 10.9. The van der Waals surface area contributed by atoms with E-state index in [-0.39, 0.29) is 11.8 Å². The molecule has 0 aliphatic carbocycles. The van der Waals surface area contributed by atoms with Crippen molar-refractivity contribution in [2.24, 2.45) is 0 Å². The van der Waals surface area contributed by atoms with Gasteiger partial charge in [-0.1, -0.05) is 60.7 Å². The van der Waals surface area contributed by atoms with Crippen LogP contribution >= 0.6 is 0 Å². The summed E-state index contributed by atoms with van der Waals surface area (Å²) in [5, 5.41) is 0. The standard InChI is InChI=1S/C26H29N3O2/c30-26(25(23-7-3-1-4-8-23)24-9-5-2-6-10-24)29-17-15-28(16-18-29)19-20-31-21-22-11-13-27-14-12-22/h1-14,25H,15-21H2. The molecule has 0 atom stereocenters. The minimum atomic E-state index is -0.252. The number of hydrogen-bond donors (Lipinski definition) is 0. The molecule has 1 amide bonds. The molecule has 1 aromatic heterocycles. The van der Waals surface area contributed by atoms with Gasteiger partial charge in [-0.2, -0.15) is 0 Å². The molecule has 1 aliphatic rings. The number of nitrogens with zero attached hydrogens (tertiary/aromatic N) is 3. The highest BCUT2D eigenvalue weighted by Crippen LogP contribution is 2.27. The van der Waals surface area contributed by atoms with Crippen LogP contribution in [0.4, 0.5) is 0 Å². The number of amides is 1. The lowest BCUT2D eigenvalue weighted by Crippen LogP contribution is -2.50. The fourth-order valence-electron chi connectivity index (χ4n) is 4.01. The summed E-state index contributed by atoms with van der Waals surface area (Å²) in [6.45, 7) is 5.43. The second-order valence-corrected chi connectivity index (χ2v) is 7.83. The van der Waals surface area contributed by atoms with Crippen molar-refractivity contribution in [1.29, 1.82) is 0 Å². The number of carbonyl (C=O) groups excluding carboxylic acids is 1. The van der Waals surface area contributed by atoms with E-state index in [9.17, 15) is 4.79 Å². The predicted molar refractivity (Wildman–Crippen MR) is 122 cm³/mol. The van der Waals surface area contributed by atoms with Crippen LogP contribution in [0.3, 0.4) is 0 Å². The van der Waals surface area contributed by atoms with Gasteiger partial charge < -0.3 is 9.64 Å². The largest absolute Gasteiger partial charge is 0.375 e. The maximum Gasteiger partial charge on any atom is 0.234 e. The van der Waals surface area contributed by atoms with Crippen molar-refractivity contribution < 1.29 is 9.53 Å². The topological polar surface area (TPSA) is 45.7 Å². The number of carbonyl (C=O) groups is 1. The predicted octanol–water partition coefficient (Wildman–Crippen LogP) is 3.57. The monoisotopic (exact) mass is 415 g/mol. The summed E-state index contributed by atoms with van der Waals surface area (Å²) in [4.78, 5) is 21.9. The molecule has 0 unspecified atom stereocenters. The molecule has 5 heteroatoms. The third kappa shape index (κ3) is 5.78. The summed E-state index contributed by atoms with van der Waals surface area (Å²) in [5.74, 6) is -0.0661. The Labute approximate surface area is 184 Å². The van der Waals surface area contributed by atoms with Crippen molar-refractivity contribution in [3.8, 4) is 0 Å². The lowest BCUT2D eigenvalue weighted by molar-refractivity contribution is -0.133. The molecule has 0 bridgehead atoms. The highest BCUT2D eigenvalue weighted by Gasteiger charge is 2.29. The van der Waals surface area contributed by atoms with E-state index < -0.39 is 0 Å². The fraction of sp³-hybridized carbons (Fsp3) is 0.308. The van der Waals surface area contributed by atoms with Gasteiger partial charge in [0.05, 0.1) is 19.1 Å². The number of rotatable bonds is 8. The van der Waals surface area contributed by atoms with Gasteiger partial charge >= 0.3 is 0 Å². The molecule has 0 N–H and O–H groups in total. The Balaban J connectivity index is 1.30. The maximum absolute atomic E-state index is 13.5. The molecule has 160 valence electrons. The molecule has 5 nitrogen and oxygen atoms in total. The highest BCUT2D eigenvalue weighted by molar-refractivity contribution is 5.87.